The molecular formula is C12H10O2. The summed E-state index contributed by atoms with van der Waals surface area (Å²) in [7, 11) is 0. The first-order valence-corrected chi connectivity index (χ1v) is 4.08. The van der Waals surface area contributed by atoms with Crippen LogP contribution in [0.15, 0.2) is 24.3 Å². The summed E-state index contributed by atoms with van der Waals surface area (Å²) in [5.41, 5.74) is 0.667. The molecule has 1 rings (SSSR count). The van der Waals surface area contributed by atoms with Gasteiger partial charge in [0, 0.05) is 0 Å². The standard InChI is InChI=1S/C12H10O2/c1-3-9-14-11-7-5-10(6-8-11)12(13)4-2/h1-2,5-8,12-13H,9H2. The van der Waals surface area contributed by atoms with Gasteiger partial charge in [-0.15, -0.1) is 12.8 Å². The maximum atomic E-state index is 9.29. The van der Waals surface area contributed by atoms with E-state index >= 15 is 0 Å². The van der Waals surface area contributed by atoms with E-state index in [1.165, 1.54) is 0 Å². The van der Waals surface area contributed by atoms with Crippen molar-refractivity contribution in [1.29, 1.82) is 0 Å². The van der Waals surface area contributed by atoms with Crippen LogP contribution in [0.5, 0.6) is 5.75 Å². The van der Waals surface area contributed by atoms with Crippen LogP contribution in [0.25, 0.3) is 0 Å². The van der Waals surface area contributed by atoms with E-state index < -0.39 is 6.10 Å². The molecule has 0 aliphatic heterocycles. The third-order valence-corrected chi connectivity index (χ3v) is 1.68. The summed E-state index contributed by atoms with van der Waals surface area (Å²) in [6, 6.07) is 6.84. The molecule has 0 radical (unpaired) electrons. The van der Waals surface area contributed by atoms with Crippen LogP contribution in [-0.4, -0.2) is 11.7 Å². The summed E-state index contributed by atoms with van der Waals surface area (Å²) >= 11 is 0. The van der Waals surface area contributed by atoms with Gasteiger partial charge in [0.2, 0.25) is 0 Å². The average Bonchev–Trinajstić information content (AvgIpc) is 2.26. The van der Waals surface area contributed by atoms with Crippen LogP contribution >= 0.6 is 0 Å². The van der Waals surface area contributed by atoms with Crippen molar-refractivity contribution in [3.8, 4) is 30.4 Å². The molecule has 70 valence electrons. The van der Waals surface area contributed by atoms with Gasteiger partial charge in [0.15, 0.2) is 0 Å². The Bertz CT molecular complexity index is 365. The van der Waals surface area contributed by atoms with Gasteiger partial charge in [-0.05, 0) is 17.7 Å². The van der Waals surface area contributed by atoms with Crippen molar-refractivity contribution in [3.05, 3.63) is 29.8 Å². The van der Waals surface area contributed by atoms with Gasteiger partial charge in [0.05, 0.1) is 0 Å². The number of ether oxygens (including phenoxy) is 1. The molecule has 0 bridgehead atoms. The molecule has 0 aromatic heterocycles. The second-order valence-electron chi connectivity index (χ2n) is 2.63. The van der Waals surface area contributed by atoms with E-state index in [1.54, 1.807) is 24.3 Å². The molecule has 0 amide bonds. The minimum atomic E-state index is -0.864. The first-order valence-electron chi connectivity index (χ1n) is 4.08. The number of benzene rings is 1. The Morgan fingerprint density at radius 3 is 2.43 bits per heavy atom. The lowest BCUT2D eigenvalue weighted by atomic mass is 10.1. The van der Waals surface area contributed by atoms with Crippen LogP contribution in [0.3, 0.4) is 0 Å². The maximum Gasteiger partial charge on any atom is 0.148 e. The van der Waals surface area contributed by atoms with Gasteiger partial charge >= 0.3 is 0 Å². The van der Waals surface area contributed by atoms with Gasteiger partial charge in [-0.2, -0.15) is 0 Å². The molecule has 2 nitrogen and oxygen atoms in total. The van der Waals surface area contributed by atoms with E-state index in [9.17, 15) is 5.11 Å². The first-order chi connectivity index (χ1) is 6.77. The van der Waals surface area contributed by atoms with Gasteiger partial charge < -0.3 is 9.84 Å². The minimum absolute atomic E-state index is 0.233. The molecular weight excluding hydrogens is 176 g/mol. The fourth-order valence-electron chi connectivity index (χ4n) is 0.968. The highest BCUT2D eigenvalue weighted by Gasteiger charge is 2.02. The smallest absolute Gasteiger partial charge is 0.148 e. The van der Waals surface area contributed by atoms with Crippen molar-refractivity contribution in [2.45, 2.75) is 6.10 Å². The van der Waals surface area contributed by atoms with E-state index in [2.05, 4.69) is 11.8 Å². The van der Waals surface area contributed by atoms with Gasteiger partial charge in [-0.1, -0.05) is 24.0 Å². The molecule has 14 heavy (non-hydrogen) atoms. The fourth-order valence-corrected chi connectivity index (χ4v) is 0.968. The molecule has 0 fully saturated rings. The van der Waals surface area contributed by atoms with Crippen molar-refractivity contribution in [1.82, 2.24) is 0 Å². The largest absolute Gasteiger partial charge is 0.481 e. The van der Waals surface area contributed by atoms with E-state index in [0.29, 0.717) is 11.3 Å². The van der Waals surface area contributed by atoms with E-state index in [-0.39, 0.29) is 6.61 Å². The molecule has 0 saturated heterocycles. The Hall–Kier alpha value is -1.90. The summed E-state index contributed by atoms with van der Waals surface area (Å²) in [6.07, 6.45) is 9.23. The van der Waals surface area contributed by atoms with Crippen LogP contribution in [0.1, 0.15) is 11.7 Å². The monoisotopic (exact) mass is 186 g/mol. The van der Waals surface area contributed by atoms with Crippen LogP contribution < -0.4 is 4.74 Å². The van der Waals surface area contributed by atoms with Crippen molar-refractivity contribution < 1.29 is 9.84 Å². The number of aliphatic hydroxyl groups excluding tert-OH is 1. The molecule has 2 heteroatoms. The first kappa shape index (κ1) is 10.2. The number of hydrogen-bond acceptors (Lipinski definition) is 2. The summed E-state index contributed by atoms with van der Waals surface area (Å²) in [5, 5.41) is 9.29. The number of hydrogen-bond donors (Lipinski definition) is 1. The third kappa shape index (κ3) is 2.55. The fraction of sp³-hybridized carbons (Fsp3) is 0.167. The topological polar surface area (TPSA) is 29.5 Å². The molecule has 0 aliphatic rings. The van der Waals surface area contributed by atoms with Gasteiger partial charge in [-0.25, -0.2) is 0 Å². The van der Waals surface area contributed by atoms with E-state index in [1.807, 2.05) is 0 Å². The third-order valence-electron chi connectivity index (χ3n) is 1.68. The Morgan fingerprint density at radius 1 is 1.29 bits per heavy atom. The molecule has 1 aromatic rings. The quantitative estimate of drug-likeness (QED) is 0.722. The summed E-state index contributed by atoms with van der Waals surface area (Å²) in [5.74, 6) is 5.25. The molecule has 1 unspecified atom stereocenters. The molecule has 1 aromatic carbocycles. The number of rotatable bonds is 3. The molecule has 0 spiro atoms. The predicted molar refractivity (Wildman–Crippen MR) is 54.6 cm³/mol. The van der Waals surface area contributed by atoms with Crippen molar-refractivity contribution in [2.24, 2.45) is 0 Å². The molecule has 0 aliphatic carbocycles. The van der Waals surface area contributed by atoms with Crippen molar-refractivity contribution in [3.63, 3.8) is 0 Å². The highest BCUT2D eigenvalue weighted by atomic mass is 16.5. The Morgan fingerprint density at radius 2 is 1.93 bits per heavy atom. The minimum Gasteiger partial charge on any atom is -0.481 e. The van der Waals surface area contributed by atoms with E-state index in [4.69, 9.17) is 17.6 Å². The zero-order valence-corrected chi connectivity index (χ0v) is 7.60. The SMILES string of the molecule is C#CCOc1ccc(C(O)C#C)cc1. The molecule has 0 saturated carbocycles. The summed E-state index contributed by atoms with van der Waals surface area (Å²) < 4.78 is 5.15. The van der Waals surface area contributed by atoms with Crippen LogP contribution in [0, 0.1) is 24.7 Å². The zero-order valence-electron chi connectivity index (χ0n) is 7.60. The number of aliphatic hydroxyl groups is 1. The van der Waals surface area contributed by atoms with Gasteiger partial charge in [-0.3, -0.25) is 0 Å². The van der Waals surface area contributed by atoms with Crippen molar-refractivity contribution in [2.75, 3.05) is 6.61 Å². The normalized spacial score (nSPS) is 11.1. The molecule has 1 N–H and O–H groups in total. The van der Waals surface area contributed by atoms with Crippen LogP contribution in [-0.2, 0) is 0 Å². The predicted octanol–water partition coefficient (Wildman–Crippen LogP) is 1.37. The second kappa shape index (κ2) is 4.97. The Kier molecular flexibility index (Phi) is 3.61. The van der Waals surface area contributed by atoms with Gasteiger partial charge in [0.25, 0.3) is 0 Å². The molecule has 1 atom stereocenters. The molecule has 0 heterocycles. The maximum absolute atomic E-state index is 9.29. The highest BCUT2D eigenvalue weighted by molar-refractivity contribution is 5.31. The number of terminal acetylenes is 2. The Balaban J connectivity index is 2.70. The highest BCUT2D eigenvalue weighted by Crippen LogP contribution is 2.16. The lowest BCUT2D eigenvalue weighted by Crippen LogP contribution is -1.95. The Labute approximate surface area is 83.5 Å². The summed E-state index contributed by atoms with van der Waals surface area (Å²) in [6.45, 7) is 0.233. The summed E-state index contributed by atoms with van der Waals surface area (Å²) in [4.78, 5) is 0. The van der Waals surface area contributed by atoms with Crippen LogP contribution in [0.4, 0.5) is 0 Å². The average molecular weight is 186 g/mol. The lowest BCUT2D eigenvalue weighted by molar-refractivity contribution is 0.238. The zero-order chi connectivity index (χ0) is 10.4. The van der Waals surface area contributed by atoms with E-state index in [0.717, 1.165) is 0 Å². The lowest BCUT2D eigenvalue weighted by Gasteiger charge is -2.05. The van der Waals surface area contributed by atoms with Crippen LogP contribution in [0.2, 0.25) is 0 Å². The second-order valence-corrected chi connectivity index (χ2v) is 2.63. The van der Waals surface area contributed by atoms with Crippen molar-refractivity contribution >= 4 is 0 Å². The van der Waals surface area contributed by atoms with Gasteiger partial charge in [0.1, 0.15) is 18.5 Å².